The van der Waals surface area contributed by atoms with Crippen molar-refractivity contribution in [2.45, 2.75) is 6.92 Å². The van der Waals surface area contributed by atoms with Gasteiger partial charge in [0.05, 0.1) is 15.7 Å². The van der Waals surface area contributed by atoms with Gasteiger partial charge in [-0.25, -0.2) is 0 Å². The maximum absolute atomic E-state index is 12.5. The van der Waals surface area contributed by atoms with Gasteiger partial charge in [-0.2, -0.15) is 14.6 Å². The topological polar surface area (TPSA) is 78.3 Å². The molecule has 3 rings (SSSR count). The zero-order valence-corrected chi connectivity index (χ0v) is 15.1. The molecule has 1 heterocycles. The van der Waals surface area contributed by atoms with Gasteiger partial charge >= 0.3 is 5.69 Å². The molecule has 25 heavy (non-hydrogen) atoms. The van der Waals surface area contributed by atoms with E-state index in [2.05, 4.69) is 10.5 Å². The zero-order chi connectivity index (χ0) is 18.1. The van der Waals surface area contributed by atoms with Crippen LogP contribution in [0, 0.1) is 17.3 Å². The number of benzene rings is 2. The summed E-state index contributed by atoms with van der Waals surface area (Å²) in [5.41, 5.74) is 3.84. The third-order valence-corrected chi connectivity index (χ3v) is 4.40. The summed E-state index contributed by atoms with van der Waals surface area (Å²) >= 11 is 18.0. The van der Waals surface area contributed by atoms with E-state index in [1.807, 2.05) is 0 Å². The Labute approximate surface area is 158 Å². The lowest BCUT2D eigenvalue weighted by molar-refractivity contribution is -0.634. The Morgan fingerprint density at radius 1 is 1.00 bits per heavy atom. The lowest BCUT2D eigenvalue weighted by Crippen LogP contribution is -2.44. The molecule has 2 aromatic carbocycles. The van der Waals surface area contributed by atoms with E-state index in [9.17, 15) is 10.4 Å². The Morgan fingerprint density at radius 2 is 1.56 bits per heavy atom. The van der Waals surface area contributed by atoms with Crippen LogP contribution in [-0.4, -0.2) is 6.21 Å². The van der Waals surface area contributed by atoms with Crippen LogP contribution in [0.4, 0.5) is 5.69 Å². The lowest BCUT2D eigenvalue weighted by atomic mass is 10.2. The molecular weight excluding hydrogens is 387 g/mol. The highest BCUT2D eigenvalue weighted by Crippen LogP contribution is 2.33. The highest BCUT2D eigenvalue weighted by Gasteiger charge is 2.23. The molecule has 9 heteroatoms. The van der Waals surface area contributed by atoms with Crippen LogP contribution < -0.4 is 14.9 Å². The van der Waals surface area contributed by atoms with Gasteiger partial charge in [0.25, 0.3) is 16.7 Å². The second-order valence-electron chi connectivity index (χ2n) is 5.16. The number of para-hydroxylation sites is 2. The first-order valence-corrected chi connectivity index (χ1v) is 8.21. The van der Waals surface area contributed by atoms with Crippen LogP contribution in [0.5, 0.6) is 0 Å². The molecule has 0 bridgehead atoms. The SMILES string of the molecule is Cc1c(/C=N/Nc2c(Cl)cc(Cl)cc2Cl)[n+]([O-])c2ccccc2[n+]1[O-]. The zero-order valence-electron chi connectivity index (χ0n) is 12.8. The van der Waals surface area contributed by atoms with Gasteiger partial charge in [-0.05, 0) is 12.1 Å². The number of anilines is 1. The van der Waals surface area contributed by atoms with Crippen LogP contribution in [0.2, 0.25) is 15.1 Å². The van der Waals surface area contributed by atoms with E-state index in [4.69, 9.17) is 34.8 Å². The van der Waals surface area contributed by atoms with Crippen LogP contribution >= 0.6 is 34.8 Å². The van der Waals surface area contributed by atoms with Crippen LogP contribution in [0.3, 0.4) is 0 Å². The van der Waals surface area contributed by atoms with Gasteiger partial charge in [0.2, 0.25) is 0 Å². The molecule has 3 aromatic rings. The normalized spacial score (nSPS) is 11.4. The van der Waals surface area contributed by atoms with Gasteiger partial charge in [0.1, 0.15) is 6.21 Å². The molecule has 6 nitrogen and oxygen atoms in total. The third kappa shape index (κ3) is 3.28. The summed E-state index contributed by atoms with van der Waals surface area (Å²) in [7, 11) is 0. The van der Waals surface area contributed by atoms with Gasteiger partial charge in [-0.3, -0.25) is 5.43 Å². The molecule has 0 atom stereocenters. The average molecular weight is 398 g/mol. The van der Waals surface area contributed by atoms with Crippen molar-refractivity contribution in [3.8, 4) is 0 Å². The minimum Gasteiger partial charge on any atom is -0.618 e. The van der Waals surface area contributed by atoms with Crippen molar-refractivity contribution in [3.63, 3.8) is 0 Å². The molecule has 128 valence electrons. The van der Waals surface area contributed by atoms with Crippen molar-refractivity contribution in [2.24, 2.45) is 5.10 Å². The fraction of sp³-hybridized carbons (Fsp3) is 0.0625. The number of aromatic nitrogens is 2. The molecule has 0 aliphatic carbocycles. The number of nitrogens with zero attached hydrogens (tertiary/aromatic N) is 3. The Bertz CT molecular complexity index is 985. The monoisotopic (exact) mass is 396 g/mol. The standard InChI is InChI=1S/C16H11Cl3N4O2/c1-9-15(23(25)14-5-3-2-4-13(14)22(9)24)8-20-21-16-11(18)6-10(17)7-12(16)19/h2-8,21H,1H3/b20-8+. The largest absolute Gasteiger partial charge is 0.618 e. The van der Waals surface area contributed by atoms with Crippen LogP contribution in [-0.2, 0) is 0 Å². The maximum atomic E-state index is 12.5. The van der Waals surface area contributed by atoms with Crippen molar-refractivity contribution in [1.29, 1.82) is 0 Å². The van der Waals surface area contributed by atoms with Crippen molar-refractivity contribution < 1.29 is 9.46 Å². The van der Waals surface area contributed by atoms with Crippen molar-refractivity contribution in [1.82, 2.24) is 0 Å². The number of rotatable bonds is 3. The summed E-state index contributed by atoms with van der Waals surface area (Å²) < 4.78 is 1.34. The summed E-state index contributed by atoms with van der Waals surface area (Å²) in [6, 6.07) is 9.53. The smallest absolute Gasteiger partial charge is 0.305 e. The maximum Gasteiger partial charge on any atom is 0.305 e. The Morgan fingerprint density at radius 3 is 2.16 bits per heavy atom. The minimum atomic E-state index is 0.0995. The number of hydrogen-bond donors (Lipinski definition) is 1. The molecule has 0 amide bonds. The summed E-state index contributed by atoms with van der Waals surface area (Å²) in [4.78, 5) is 0. The van der Waals surface area contributed by atoms with Crippen molar-refractivity contribution in [3.05, 3.63) is 73.3 Å². The van der Waals surface area contributed by atoms with Gasteiger partial charge in [-0.1, -0.05) is 46.9 Å². The second kappa shape index (κ2) is 6.92. The molecule has 0 aliphatic heterocycles. The first-order valence-electron chi connectivity index (χ1n) is 7.08. The Balaban J connectivity index is 2.00. The number of nitrogens with one attached hydrogen (secondary N) is 1. The molecule has 0 radical (unpaired) electrons. The summed E-state index contributed by atoms with van der Waals surface area (Å²) in [5.74, 6) is 0. The van der Waals surface area contributed by atoms with E-state index < -0.39 is 0 Å². The molecule has 0 fully saturated rings. The predicted octanol–water partition coefficient (Wildman–Crippen LogP) is 3.82. The van der Waals surface area contributed by atoms with E-state index in [1.54, 1.807) is 24.3 Å². The van der Waals surface area contributed by atoms with Gasteiger partial charge in [-0.15, -0.1) is 0 Å². The molecule has 0 saturated heterocycles. The van der Waals surface area contributed by atoms with Crippen molar-refractivity contribution >= 4 is 57.7 Å². The average Bonchev–Trinajstić information content (AvgIpc) is 2.57. The van der Waals surface area contributed by atoms with Crippen LogP contribution in [0.1, 0.15) is 11.4 Å². The third-order valence-electron chi connectivity index (χ3n) is 3.58. The molecule has 0 unspecified atom stereocenters. The summed E-state index contributed by atoms with van der Waals surface area (Å²) in [6.07, 6.45) is 1.24. The van der Waals surface area contributed by atoms with E-state index in [0.29, 0.717) is 20.2 Å². The minimum absolute atomic E-state index is 0.0995. The van der Waals surface area contributed by atoms with E-state index in [1.165, 1.54) is 25.3 Å². The fourth-order valence-electron chi connectivity index (χ4n) is 2.32. The number of hydrogen-bond acceptors (Lipinski definition) is 4. The van der Waals surface area contributed by atoms with Crippen molar-refractivity contribution in [2.75, 3.05) is 5.43 Å². The number of fused-ring (bicyclic) bond motifs is 1. The lowest BCUT2D eigenvalue weighted by Gasteiger charge is -2.09. The van der Waals surface area contributed by atoms with Crippen LogP contribution in [0.25, 0.3) is 11.0 Å². The summed E-state index contributed by atoms with van der Waals surface area (Å²) in [5, 5.41) is 29.7. The molecule has 0 spiro atoms. The highest BCUT2D eigenvalue weighted by atomic mass is 35.5. The molecular formula is C16H11Cl3N4O2. The highest BCUT2D eigenvalue weighted by molar-refractivity contribution is 6.41. The fourth-order valence-corrected chi connectivity index (χ4v) is 3.22. The quantitative estimate of drug-likeness (QED) is 0.316. The van der Waals surface area contributed by atoms with Crippen LogP contribution in [0.15, 0.2) is 41.5 Å². The summed E-state index contributed by atoms with van der Waals surface area (Å²) in [6.45, 7) is 1.54. The first kappa shape index (κ1) is 17.5. The Kier molecular flexibility index (Phi) is 4.85. The van der Waals surface area contributed by atoms with Gasteiger partial charge in [0.15, 0.2) is 0 Å². The van der Waals surface area contributed by atoms with Gasteiger partial charge in [0, 0.05) is 24.1 Å². The van der Waals surface area contributed by atoms with E-state index in [0.717, 1.165) is 0 Å². The molecule has 1 aromatic heterocycles. The first-order chi connectivity index (χ1) is 11.9. The predicted molar refractivity (Wildman–Crippen MR) is 99.3 cm³/mol. The van der Waals surface area contributed by atoms with E-state index >= 15 is 0 Å². The molecule has 0 saturated carbocycles. The second-order valence-corrected chi connectivity index (χ2v) is 6.41. The van der Waals surface area contributed by atoms with E-state index in [-0.39, 0.29) is 32.5 Å². The molecule has 0 aliphatic rings. The number of hydrazone groups is 1. The Hall–Kier alpha value is -2.28. The van der Waals surface area contributed by atoms with Gasteiger partial charge < -0.3 is 10.4 Å². The number of halogens is 3. The molecule has 1 N–H and O–H groups in total.